The Bertz CT molecular complexity index is 1060. The normalized spacial score (nSPS) is 10.6. The molecule has 3 rings (SSSR count). The van der Waals surface area contributed by atoms with Crippen molar-refractivity contribution < 1.29 is 19.2 Å². The van der Waals surface area contributed by atoms with E-state index in [9.17, 15) is 19.7 Å². The molecular weight excluding hydrogens is 352 g/mol. The van der Waals surface area contributed by atoms with Gasteiger partial charge in [0.1, 0.15) is 0 Å². The molecule has 9 heteroatoms. The first-order valence-electron chi connectivity index (χ1n) is 8.10. The van der Waals surface area contributed by atoms with Crippen molar-refractivity contribution in [3.05, 3.63) is 63.7 Å². The van der Waals surface area contributed by atoms with E-state index < -0.39 is 16.8 Å². The van der Waals surface area contributed by atoms with Crippen LogP contribution < -0.4 is 5.32 Å². The molecule has 0 saturated heterocycles. The highest BCUT2D eigenvalue weighted by atomic mass is 16.6. The number of amides is 1. The second kappa shape index (κ2) is 7.24. The summed E-state index contributed by atoms with van der Waals surface area (Å²) >= 11 is 0. The van der Waals surface area contributed by atoms with E-state index in [1.165, 1.54) is 6.07 Å². The molecule has 0 saturated carbocycles. The lowest BCUT2D eigenvalue weighted by Crippen LogP contribution is -2.15. The largest absolute Gasteiger partial charge is 0.462 e. The number of hydrogen-bond acceptors (Lipinski definition) is 6. The van der Waals surface area contributed by atoms with Gasteiger partial charge < -0.3 is 10.1 Å². The molecule has 27 heavy (non-hydrogen) atoms. The maximum Gasteiger partial charge on any atom is 0.338 e. The first kappa shape index (κ1) is 18.1. The minimum Gasteiger partial charge on any atom is -0.462 e. The summed E-state index contributed by atoms with van der Waals surface area (Å²) in [6.07, 6.45) is 0. The van der Waals surface area contributed by atoms with Gasteiger partial charge in [-0.05, 0) is 25.1 Å². The number of aromatic nitrogens is 2. The fourth-order valence-electron chi connectivity index (χ4n) is 2.67. The quantitative estimate of drug-likeness (QED) is 0.420. The van der Waals surface area contributed by atoms with Crippen LogP contribution in [0.4, 0.5) is 11.5 Å². The maximum absolute atomic E-state index is 12.6. The molecule has 0 aliphatic carbocycles. The lowest BCUT2D eigenvalue weighted by molar-refractivity contribution is -0.384. The van der Waals surface area contributed by atoms with Crippen LogP contribution in [0.1, 0.15) is 27.6 Å². The Morgan fingerprint density at radius 2 is 1.93 bits per heavy atom. The van der Waals surface area contributed by atoms with Crippen LogP contribution in [0.5, 0.6) is 0 Å². The second-order valence-corrected chi connectivity index (χ2v) is 5.69. The number of ether oxygens (including phenoxy) is 1. The number of hydrogen-bond donors (Lipinski definition) is 1. The number of non-ortho nitro benzene ring substituents is 1. The van der Waals surface area contributed by atoms with Gasteiger partial charge in [0.15, 0.2) is 5.82 Å². The minimum atomic E-state index is -0.737. The van der Waals surface area contributed by atoms with Crippen molar-refractivity contribution in [3.63, 3.8) is 0 Å². The number of carbonyl (C=O) groups is 2. The van der Waals surface area contributed by atoms with Gasteiger partial charge in [-0.3, -0.25) is 19.6 Å². The Morgan fingerprint density at radius 3 is 2.63 bits per heavy atom. The molecule has 3 aromatic rings. The number of esters is 1. The number of benzene rings is 2. The van der Waals surface area contributed by atoms with Gasteiger partial charge in [0, 0.05) is 30.1 Å². The van der Waals surface area contributed by atoms with Crippen molar-refractivity contribution in [1.29, 1.82) is 0 Å². The van der Waals surface area contributed by atoms with E-state index in [0.717, 1.165) is 23.0 Å². The number of nitrogens with zero attached hydrogens (tertiary/aromatic N) is 3. The molecule has 0 aliphatic rings. The molecule has 1 N–H and O–H groups in total. The molecule has 1 amide bonds. The number of fused-ring (bicyclic) bond motifs is 1. The molecule has 0 radical (unpaired) electrons. The monoisotopic (exact) mass is 368 g/mol. The van der Waals surface area contributed by atoms with E-state index >= 15 is 0 Å². The van der Waals surface area contributed by atoms with E-state index in [1.54, 1.807) is 24.7 Å². The van der Waals surface area contributed by atoms with Crippen LogP contribution in [0.3, 0.4) is 0 Å². The zero-order valence-corrected chi connectivity index (χ0v) is 14.6. The van der Waals surface area contributed by atoms with Crippen molar-refractivity contribution in [2.45, 2.75) is 6.92 Å². The van der Waals surface area contributed by atoms with Crippen LogP contribution >= 0.6 is 0 Å². The Balaban J connectivity index is 1.98. The Labute approximate surface area is 153 Å². The predicted molar refractivity (Wildman–Crippen MR) is 97.7 cm³/mol. The lowest BCUT2D eigenvalue weighted by atomic mass is 10.1. The zero-order valence-electron chi connectivity index (χ0n) is 14.6. The van der Waals surface area contributed by atoms with Crippen molar-refractivity contribution in [1.82, 2.24) is 9.78 Å². The fraction of sp³-hybridized carbons (Fsp3) is 0.167. The van der Waals surface area contributed by atoms with Gasteiger partial charge in [0.05, 0.1) is 22.6 Å². The predicted octanol–water partition coefficient (Wildman–Crippen LogP) is 2.91. The van der Waals surface area contributed by atoms with E-state index in [-0.39, 0.29) is 23.4 Å². The average Bonchev–Trinajstić information content (AvgIpc) is 2.97. The third-order valence-electron chi connectivity index (χ3n) is 3.89. The highest BCUT2D eigenvalue weighted by Crippen LogP contribution is 2.24. The molecular formula is C18H16N4O5. The summed E-state index contributed by atoms with van der Waals surface area (Å²) in [5.74, 6) is -1.03. The van der Waals surface area contributed by atoms with Gasteiger partial charge in [-0.25, -0.2) is 4.79 Å². The maximum atomic E-state index is 12.6. The van der Waals surface area contributed by atoms with E-state index in [0.29, 0.717) is 5.82 Å². The zero-order chi connectivity index (χ0) is 19.6. The van der Waals surface area contributed by atoms with Crippen molar-refractivity contribution in [3.8, 4) is 0 Å². The number of carbonyl (C=O) groups excluding carboxylic acids is 2. The molecule has 138 valence electrons. The van der Waals surface area contributed by atoms with Gasteiger partial charge in [-0.2, -0.15) is 5.10 Å². The third kappa shape index (κ3) is 3.61. The number of rotatable bonds is 5. The number of anilines is 1. The molecule has 1 aromatic heterocycles. The average molecular weight is 368 g/mol. The van der Waals surface area contributed by atoms with Crippen molar-refractivity contribution >= 4 is 34.3 Å². The molecule has 0 fully saturated rings. The van der Waals surface area contributed by atoms with E-state index in [1.807, 2.05) is 18.2 Å². The summed E-state index contributed by atoms with van der Waals surface area (Å²) < 4.78 is 6.48. The van der Waals surface area contributed by atoms with Gasteiger partial charge in [0.2, 0.25) is 0 Å². The number of nitrogens with one attached hydrogen (secondary N) is 1. The summed E-state index contributed by atoms with van der Waals surface area (Å²) in [6.45, 7) is 1.73. The number of aryl methyl sites for hydroxylation is 1. The van der Waals surface area contributed by atoms with Gasteiger partial charge in [-0.15, -0.1) is 0 Å². The molecule has 9 nitrogen and oxygen atoms in total. The molecule has 0 bridgehead atoms. The standard InChI is InChI=1S/C18H16N4O5/c1-3-27-18(24)12-8-11(9-13(10-12)22(25)26)17(23)19-16-14-6-4-5-7-15(14)21(2)20-16/h4-10H,3H2,1-2H3,(H,19,20,23). The summed E-state index contributed by atoms with van der Waals surface area (Å²) in [5.41, 5.74) is 0.333. The van der Waals surface area contributed by atoms with Crippen LogP contribution in [0.2, 0.25) is 0 Å². The lowest BCUT2D eigenvalue weighted by Gasteiger charge is -2.06. The van der Waals surface area contributed by atoms with E-state index in [2.05, 4.69) is 10.4 Å². The summed E-state index contributed by atoms with van der Waals surface area (Å²) in [7, 11) is 1.74. The van der Waals surface area contributed by atoms with Crippen LogP contribution in [-0.4, -0.2) is 33.2 Å². The van der Waals surface area contributed by atoms with Crippen LogP contribution in [0, 0.1) is 10.1 Å². The molecule has 0 atom stereocenters. The van der Waals surface area contributed by atoms with Crippen molar-refractivity contribution in [2.75, 3.05) is 11.9 Å². The third-order valence-corrected chi connectivity index (χ3v) is 3.89. The number of nitro groups is 1. The molecule has 0 spiro atoms. The van der Waals surface area contributed by atoms with Crippen molar-refractivity contribution in [2.24, 2.45) is 7.05 Å². The van der Waals surface area contributed by atoms with Gasteiger partial charge in [0.25, 0.3) is 11.6 Å². The van der Waals surface area contributed by atoms with Gasteiger partial charge >= 0.3 is 5.97 Å². The summed E-state index contributed by atoms with van der Waals surface area (Å²) in [4.78, 5) is 35.1. The van der Waals surface area contributed by atoms with Crippen LogP contribution in [0.25, 0.3) is 10.9 Å². The second-order valence-electron chi connectivity index (χ2n) is 5.69. The van der Waals surface area contributed by atoms with E-state index in [4.69, 9.17) is 4.74 Å². The highest BCUT2D eigenvalue weighted by molar-refractivity contribution is 6.09. The molecule has 1 heterocycles. The summed E-state index contributed by atoms with van der Waals surface area (Å²) in [6, 6.07) is 10.7. The number of nitro benzene ring substituents is 1. The Morgan fingerprint density at radius 1 is 1.22 bits per heavy atom. The topological polar surface area (TPSA) is 116 Å². The van der Waals surface area contributed by atoms with Crippen LogP contribution in [0.15, 0.2) is 42.5 Å². The van der Waals surface area contributed by atoms with Gasteiger partial charge in [-0.1, -0.05) is 12.1 Å². The number of para-hydroxylation sites is 1. The Kier molecular flexibility index (Phi) is 4.84. The molecule has 0 unspecified atom stereocenters. The smallest absolute Gasteiger partial charge is 0.338 e. The first-order valence-corrected chi connectivity index (χ1v) is 8.10. The van der Waals surface area contributed by atoms with Crippen LogP contribution in [-0.2, 0) is 11.8 Å². The first-order chi connectivity index (χ1) is 12.9. The molecule has 2 aromatic carbocycles. The molecule has 0 aliphatic heterocycles. The summed E-state index contributed by atoms with van der Waals surface area (Å²) in [5, 5.41) is 18.8. The minimum absolute atomic E-state index is 0.0398. The fourth-order valence-corrected chi connectivity index (χ4v) is 2.67. The highest BCUT2D eigenvalue weighted by Gasteiger charge is 2.20. The SMILES string of the molecule is CCOC(=O)c1cc(C(=O)Nc2nn(C)c3ccccc23)cc([N+](=O)[O-])c1. The Hall–Kier alpha value is -3.75.